The molecule has 4 rings (SSSR count). The molecule has 4 nitrogen and oxygen atoms in total. The molecular weight excluding hydrogens is 340 g/mol. The van der Waals surface area contributed by atoms with Crippen molar-refractivity contribution in [2.45, 2.75) is 0 Å². The Bertz CT molecular complexity index is 940. The molecule has 1 aromatic heterocycles. The molecule has 0 radical (unpaired) electrons. The van der Waals surface area contributed by atoms with Crippen LogP contribution in [0.1, 0.15) is 0 Å². The number of nitrogens with zero attached hydrogens (tertiary/aromatic N) is 4. The Balaban J connectivity index is 1.62. The molecule has 0 atom stereocenters. The van der Waals surface area contributed by atoms with Crippen molar-refractivity contribution >= 4 is 28.4 Å². The molecule has 1 saturated heterocycles. The maximum absolute atomic E-state index is 4.34. The first-order valence-corrected chi connectivity index (χ1v) is 10.1. The first-order chi connectivity index (χ1) is 12.6. The van der Waals surface area contributed by atoms with Crippen LogP contribution in [0.5, 0.6) is 0 Å². The van der Waals surface area contributed by atoms with Gasteiger partial charge >= 0.3 is 0 Å². The van der Waals surface area contributed by atoms with Crippen LogP contribution in [0.2, 0.25) is 0 Å². The Hall–Kier alpha value is -2.40. The van der Waals surface area contributed by atoms with E-state index in [9.17, 15) is 0 Å². The molecule has 1 fully saturated rings. The van der Waals surface area contributed by atoms with E-state index >= 15 is 0 Å². The molecule has 0 unspecified atom stereocenters. The van der Waals surface area contributed by atoms with Crippen molar-refractivity contribution in [3.8, 4) is 11.1 Å². The summed E-state index contributed by atoms with van der Waals surface area (Å²) in [5, 5.41) is 5.51. The van der Waals surface area contributed by atoms with Gasteiger partial charge in [-0.1, -0.05) is 30.8 Å². The van der Waals surface area contributed by atoms with Crippen LogP contribution in [0.25, 0.3) is 22.0 Å². The van der Waals surface area contributed by atoms with E-state index in [4.69, 9.17) is 0 Å². The van der Waals surface area contributed by atoms with Crippen molar-refractivity contribution in [3.63, 3.8) is 0 Å². The number of benzene rings is 2. The second-order valence-electron chi connectivity index (χ2n) is 6.67. The number of rotatable bonds is 4. The minimum absolute atomic E-state index is 1.07. The number of aromatic nitrogens is 2. The van der Waals surface area contributed by atoms with Gasteiger partial charge in [0.15, 0.2) is 0 Å². The Labute approximate surface area is 159 Å². The summed E-state index contributed by atoms with van der Waals surface area (Å²) < 4.78 is 1.92. The highest BCUT2D eigenvalue weighted by Crippen LogP contribution is 2.29. The Morgan fingerprint density at radius 3 is 2.69 bits per heavy atom. The van der Waals surface area contributed by atoms with Crippen LogP contribution in [0.4, 0.5) is 5.69 Å². The standard InChI is InChI=1S/C21H24N4S/c1-16(25-9-11-26-12-10-25)23(2)20-6-4-5-17(13-20)18-7-8-19-15-22-24(3)21(19)14-18/h4-8,13-15H,1,9-12H2,2-3H3. The minimum atomic E-state index is 1.07. The normalized spacial score (nSPS) is 14.6. The van der Waals surface area contributed by atoms with Gasteiger partial charge in [0.05, 0.1) is 11.7 Å². The van der Waals surface area contributed by atoms with Gasteiger partial charge < -0.3 is 9.80 Å². The maximum Gasteiger partial charge on any atom is 0.101 e. The lowest BCUT2D eigenvalue weighted by Crippen LogP contribution is -2.38. The summed E-state index contributed by atoms with van der Waals surface area (Å²) in [6.07, 6.45) is 1.91. The van der Waals surface area contributed by atoms with E-state index in [-0.39, 0.29) is 0 Å². The van der Waals surface area contributed by atoms with Gasteiger partial charge in [0.2, 0.25) is 0 Å². The van der Waals surface area contributed by atoms with E-state index in [1.165, 1.54) is 28.0 Å². The molecule has 1 aliphatic rings. The molecular formula is C21H24N4S. The lowest BCUT2D eigenvalue weighted by atomic mass is 10.0. The zero-order chi connectivity index (χ0) is 18.1. The third kappa shape index (κ3) is 3.19. The third-order valence-electron chi connectivity index (χ3n) is 5.08. The molecule has 3 aromatic rings. The molecule has 0 bridgehead atoms. The van der Waals surface area contributed by atoms with E-state index in [1.807, 2.05) is 29.7 Å². The van der Waals surface area contributed by atoms with Crippen LogP contribution in [0.15, 0.2) is 61.1 Å². The molecule has 2 aromatic carbocycles. The molecule has 26 heavy (non-hydrogen) atoms. The van der Waals surface area contributed by atoms with Gasteiger partial charge in [-0.2, -0.15) is 16.9 Å². The highest BCUT2D eigenvalue weighted by molar-refractivity contribution is 7.99. The van der Waals surface area contributed by atoms with Crippen molar-refractivity contribution in [3.05, 3.63) is 61.1 Å². The van der Waals surface area contributed by atoms with Gasteiger partial charge in [-0.25, -0.2) is 0 Å². The summed E-state index contributed by atoms with van der Waals surface area (Å²) in [7, 11) is 4.09. The number of anilines is 1. The van der Waals surface area contributed by atoms with E-state index in [2.05, 4.69) is 71.0 Å². The fourth-order valence-electron chi connectivity index (χ4n) is 3.40. The number of fused-ring (bicyclic) bond motifs is 1. The molecule has 134 valence electrons. The van der Waals surface area contributed by atoms with E-state index < -0.39 is 0 Å². The number of aryl methyl sites for hydroxylation is 1. The first-order valence-electron chi connectivity index (χ1n) is 8.91. The topological polar surface area (TPSA) is 24.3 Å². The largest absolute Gasteiger partial charge is 0.357 e. The highest BCUT2D eigenvalue weighted by Gasteiger charge is 2.16. The molecule has 0 amide bonds. The zero-order valence-corrected chi connectivity index (χ0v) is 16.2. The van der Waals surface area contributed by atoms with E-state index in [0.29, 0.717) is 0 Å². The number of hydrogen-bond acceptors (Lipinski definition) is 4. The van der Waals surface area contributed by atoms with Crippen LogP contribution < -0.4 is 4.90 Å². The van der Waals surface area contributed by atoms with Crippen LogP contribution >= 0.6 is 11.8 Å². The highest BCUT2D eigenvalue weighted by atomic mass is 32.2. The third-order valence-corrected chi connectivity index (χ3v) is 6.02. The second kappa shape index (κ2) is 7.08. The van der Waals surface area contributed by atoms with Crippen molar-refractivity contribution in [2.24, 2.45) is 7.05 Å². The second-order valence-corrected chi connectivity index (χ2v) is 7.89. The summed E-state index contributed by atoms with van der Waals surface area (Å²) in [5.74, 6) is 3.43. The number of thioether (sulfide) groups is 1. The quantitative estimate of drug-likeness (QED) is 0.693. The molecule has 0 saturated carbocycles. The molecule has 2 heterocycles. The fourth-order valence-corrected chi connectivity index (χ4v) is 4.30. The molecule has 1 aliphatic heterocycles. The molecule has 0 N–H and O–H groups in total. The SMILES string of the molecule is C=C(N1CCSCC1)N(C)c1cccc(-c2ccc3cnn(C)c3c2)c1. The van der Waals surface area contributed by atoms with Crippen LogP contribution in [0, 0.1) is 0 Å². The summed E-state index contributed by atoms with van der Waals surface area (Å²) in [5.41, 5.74) is 4.73. The van der Waals surface area contributed by atoms with Crippen molar-refractivity contribution in [1.82, 2.24) is 14.7 Å². The zero-order valence-electron chi connectivity index (χ0n) is 15.4. The van der Waals surface area contributed by atoms with Gasteiger partial charge in [-0.15, -0.1) is 0 Å². The lowest BCUT2D eigenvalue weighted by Gasteiger charge is -2.35. The average molecular weight is 365 g/mol. The summed E-state index contributed by atoms with van der Waals surface area (Å²) in [4.78, 5) is 4.58. The van der Waals surface area contributed by atoms with E-state index in [1.54, 1.807) is 0 Å². The minimum Gasteiger partial charge on any atom is -0.357 e. The fraction of sp³-hybridized carbons (Fsp3) is 0.286. The molecule has 0 spiro atoms. The van der Waals surface area contributed by atoms with Gasteiger partial charge in [0, 0.05) is 49.8 Å². The van der Waals surface area contributed by atoms with Gasteiger partial charge in [0.1, 0.15) is 5.82 Å². The van der Waals surface area contributed by atoms with Gasteiger partial charge in [-0.3, -0.25) is 4.68 Å². The van der Waals surface area contributed by atoms with Crippen LogP contribution in [-0.2, 0) is 7.05 Å². The molecule has 0 aliphatic carbocycles. The summed E-state index contributed by atoms with van der Waals surface area (Å²) >= 11 is 2.02. The van der Waals surface area contributed by atoms with Crippen LogP contribution in [-0.4, -0.2) is 46.3 Å². The van der Waals surface area contributed by atoms with E-state index in [0.717, 1.165) is 30.1 Å². The van der Waals surface area contributed by atoms with Gasteiger partial charge in [-0.05, 0) is 29.3 Å². The monoisotopic (exact) mass is 364 g/mol. The van der Waals surface area contributed by atoms with Crippen LogP contribution in [0.3, 0.4) is 0 Å². The maximum atomic E-state index is 4.34. The predicted molar refractivity (Wildman–Crippen MR) is 113 cm³/mol. The molecule has 5 heteroatoms. The first kappa shape index (κ1) is 17.0. The smallest absolute Gasteiger partial charge is 0.101 e. The lowest BCUT2D eigenvalue weighted by molar-refractivity contribution is 0.373. The van der Waals surface area contributed by atoms with Crippen molar-refractivity contribution in [1.29, 1.82) is 0 Å². The van der Waals surface area contributed by atoms with Crippen molar-refractivity contribution < 1.29 is 0 Å². The Kier molecular flexibility index (Phi) is 4.64. The predicted octanol–water partition coefficient (Wildman–Crippen LogP) is 4.20. The van der Waals surface area contributed by atoms with Gasteiger partial charge in [0.25, 0.3) is 0 Å². The van der Waals surface area contributed by atoms with Crippen molar-refractivity contribution in [2.75, 3.05) is 36.5 Å². The number of hydrogen-bond donors (Lipinski definition) is 0. The summed E-state index contributed by atoms with van der Waals surface area (Å²) in [6, 6.07) is 15.2. The Morgan fingerprint density at radius 1 is 1.12 bits per heavy atom. The average Bonchev–Trinajstić information content (AvgIpc) is 3.08. The Morgan fingerprint density at radius 2 is 1.88 bits per heavy atom. The summed E-state index contributed by atoms with van der Waals surface area (Å²) in [6.45, 7) is 6.48.